The Morgan fingerprint density at radius 1 is 1.11 bits per heavy atom. The first-order valence-corrected chi connectivity index (χ1v) is 13.0. The lowest BCUT2D eigenvalue weighted by atomic mass is 10.1. The van der Waals surface area contributed by atoms with Crippen LogP contribution in [0.5, 0.6) is 5.75 Å². The van der Waals surface area contributed by atoms with Crippen molar-refractivity contribution in [2.24, 2.45) is 0 Å². The van der Waals surface area contributed by atoms with E-state index in [9.17, 15) is 9.18 Å². The van der Waals surface area contributed by atoms with E-state index < -0.39 is 5.25 Å². The third-order valence-electron chi connectivity index (χ3n) is 6.15. The third-order valence-corrected chi connectivity index (χ3v) is 7.39. The van der Waals surface area contributed by atoms with Crippen LogP contribution in [0.4, 0.5) is 10.1 Å². The fraction of sp³-hybridized carbons (Fsp3) is 0.250. The van der Waals surface area contributed by atoms with Crippen molar-refractivity contribution in [3.8, 4) is 17.1 Å². The van der Waals surface area contributed by atoms with Crippen molar-refractivity contribution in [3.05, 3.63) is 90.2 Å². The van der Waals surface area contributed by atoms with Crippen molar-refractivity contribution in [2.75, 3.05) is 19.0 Å². The van der Waals surface area contributed by atoms with Gasteiger partial charge in [0.05, 0.1) is 19.8 Å². The van der Waals surface area contributed by atoms with Crippen LogP contribution in [0.1, 0.15) is 23.7 Å². The number of thioether (sulfide) groups is 1. The molecule has 7 nitrogen and oxygen atoms in total. The number of anilines is 1. The highest BCUT2D eigenvalue weighted by Crippen LogP contribution is 2.37. The Bertz CT molecular complexity index is 1320. The van der Waals surface area contributed by atoms with E-state index in [0.717, 1.165) is 36.3 Å². The highest BCUT2D eigenvalue weighted by atomic mass is 32.2. The van der Waals surface area contributed by atoms with Gasteiger partial charge in [-0.2, -0.15) is 0 Å². The van der Waals surface area contributed by atoms with Crippen LogP contribution in [-0.2, 0) is 16.1 Å². The maximum absolute atomic E-state index is 13.5. The number of ether oxygens (including phenoxy) is 2. The summed E-state index contributed by atoms with van der Waals surface area (Å²) in [4.78, 5) is 13.5. The van der Waals surface area contributed by atoms with E-state index in [0.29, 0.717) is 23.2 Å². The summed E-state index contributed by atoms with van der Waals surface area (Å²) in [5.74, 6) is 0.859. The molecule has 0 aliphatic carbocycles. The van der Waals surface area contributed by atoms with Gasteiger partial charge in [-0.1, -0.05) is 42.1 Å². The minimum atomic E-state index is -0.609. The molecule has 2 atom stereocenters. The standard InChI is InChI=1S/C28H27FN4O3S/c1-35-23-15-9-20(10-16-23)26-31-32-28(33(26)18-24-8-5-17-36-24)37-25(19-6-3-2-4-7-19)27(34)30-22-13-11-21(29)12-14-22/h2-4,6-7,9-16,24-25H,5,8,17-18H2,1H3,(H,30,34)/t24-,25+/m1/s1. The van der Waals surface area contributed by atoms with Crippen LogP contribution >= 0.6 is 11.8 Å². The van der Waals surface area contributed by atoms with Crippen molar-refractivity contribution in [1.29, 1.82) is 0 Å². The molecule has 1 aliphatic heterocycles. The molecule has 9 heteroatoms. The summed E-state index contributed by atoms with van der Waals surface area (Å²) in [5, 5.41) is 11.9. The van der Waals surface area contributed by atoms with Crippen LogP contribution in [-0.4, -0.2) is 40.5 Å². The molecule has 5 rings (SSSR count). The maximum atomic E-state index is 13.5. The van der Waals surface area contributed by atoms with Crippen LogP contribution in [0.15, 0.2) is 84.0 Å². The molecule has 1 amide bonds. The molecule has 3 aromatic carbocycles. The maximum Gasteiger partial charge on any atom is 0.242 e. The van der Waals surface area contributed by atoms with Gasteiger partial charge >= 0.3 is 0 Å². The van der Waals surface area contributed by atoms with Crippen LogP contribution in [0, 0.1) is 5.82 Å². The van der Waals surface area contributed by atoms with Gasteiger partial charge in [-0.3, -0.25) is 9.36 Å². The smallest absolute Gasteiger partial charge is 0.242 e. The molecule has 0 spiro atoms. The molecule has 1 aliphatic rings. The summed E-state index contributed by atoms with van der Waals surface area (Å²) in [6, 6.07) is 22.9. The lowest BCUT2D eigenvalue weighted by molar-refractivity contribution is -0.115. The Morgan fingerprint density at radius 2 is 1.86 bits per heavy atom. The van der Waals surface area contributed by atoms with Crippen LogP contribution in [0.3, 0.4) is 0 Å². The van der Waals surface area contributed by atoms with Gasteiger partial charge in [0.25, 0.3) is 0 Å². The van der Waals surface area contributed by atoms with E-state index >= 15 is 0 Å². The zero-order valence-electron chi connectivity index (χ0n) is 20.3. The summed E-state index contributed by atoms with van der Waals surface area (Å²) in [6.07, 6.45) is 2.02. The van der Waals surface area contributed by atoms with Crippen LogP contribution in [0.2, 0.25) is 0 Å². The number of aromatic nitrogens is 3. The molecule has 190 valence electrons. The molecule has 2 heterocycles. The first-order valence-electron chi connectivity index (χ1n) is 12.1. The predicted octanol–water partition coefficient (Wildman–Crippen LogP) is 5.74. The zero-order chi connectivity index (χ0) is 25.6. The molecule has 37 heavy (non-hydrogen) atoms. The van der Waals surface area contributed by atoms with Crippen molar-refractivity contribution in [1.82, 2.24) is 14.8 Å². The monoisotopic (exact) mass is 518 g/mol. The first-order chi connectivity index (χ1) is 18.1. The summed E-state index contributed by atoms with van der Waals surface area (Å²) in [5.41, 5.74) is 2.24. The average molecular weight is 519 g/mol. The highest BCUT2D eigenvalue weighted by Gasteiger charge is 2.28. The summed E-state index contributed by atoms with van der Waals surface area (Å²) in [7, 11) is 1.63. The van der Waals surface area contributed by atoms with Crippen molar-refractivity contribution in [2.45, 2.75) is 35.9 Å². The summed E-state index contributed by atoms with van der Waals surface area (Å²) in [6.45, 7) is 1.32. The first kappa shape index (κ1) is 25.0. The third kappa shape index (κ3) is 6.00. The van der Waals surface area contributed by atoms with E-state index in [1.54, 1.807) is 19.2 Å². The Labute approximate surface area is 219 Å². The van der Waals surface area contributed by atoms with Crippen LogP contribution in [0.25, 0.3) is 11.4 Å². The molecule has 0 saturated carbocycles. The Balaban J connectivity index is 1.48. The molecule has 0 bridgehead atoms. The van der Waals surface area contributed by atoms with Crippen LogP contribution < -0.4 is 10.1 Å². The number of nitrogens with one attached hydrogen (secondary N) is 1. The van der Waals surface area contributed by atoms with Gasteiger partial charge in [0.2, 0.25) is 5.91 Å². The minimum Gasteiger partial charge on any atom is -0.497 e. The second kappa shape index (κ2) is 11.6. The quantitative estimate of drug-likeness (QED) is 0.285. The van der Waals surface area contributed by atoms with Gasteiger partial charge in [0, 0.05) is 17.9 Å². The molecule has 0 radical (unpaired) electrons. The predicted molar refractivity (Wildman–Crippen MR) is 141 cm³/mol. The number of methoxy groups -OCH3 is 1. The number of carbonyl (C=O) groups is 1. The Kier molecular flexibility index (Phi) is 7.82. The van der Waals surface area contributed by atoms with Gasteiger partial charge in [-0.25, -0.2) is 4.39 Å². The number of nitrogens with zero attached hydrogens (tertiary/aromatic N) is 3. The second-order valence-corrected chi connectivity index (χ2v) is 9.76. The largest absolute Gasteiger partial charge is 0.497 e. The molecular weight excluding hydrogens is 491 g/mol. The number of rotatable bonds is 9. The summed E-state index contributed by atoms with van der Waals surface area (Å²) < 4.78 is 26.6. The van der Waals surface area contributed by atoms with Crippen molar-refractivity contribution in [3.63, 3.8) is 0 Å². The average Bonchev–Trinajstić information content (AvgIpc) is 3.59. The molecule has 0 unspecified atom stereocenters. The number of halogens is 1. The SMILES string of the molecule is COc1ccc(-c2nnc(S[C@H](C(=O)Nc3ccc(F)cc3)c3ccccc3)n2C[C@H]2CCCO2)cc1. The van der Waals surface area contributed by atoms with Gasteiger partial charge in [-0.15, -0.1) is 10.2 Å². The van der Waals surface area contributed by atoms with Gasteiger partial charge in [0.15, 0.2) is 11.0 Å². The molecule has 4 aromatic rings. The van der Waals surface area contributed by atoms with Gasteiger partial charge in [0.1, 0.15) is 16.8 Å². The van der Waals surface area contributed by atoms with E-state index in [2.05, 4.69) is 15.5 Å². The lowest BCUT2D eigenvalue weighted by Gasteiger charge is -2.19. The normalized spacial score (nSPS) is 15.9. The Hall–Kier alpha value is -3.69. The molecule has 1 aromatic heterocycles. The van der Waals surface area contributed by atoms with Crippen molar-refractivity contribution >= 4 is 23.4 Å². The van der Waals surface area contributed by atoms with E-state index in [1.165, 1.54) is 23.9 Å². The number of amides is 1. The molecule has 1 N–H and O–H groups in total. The lowest BCUT2D eigenvalue weighted by Crippen LogP contribution is -2.21. The van der Waals surface area contributed by atoms with E-state index in [1.807, 2.05) is 59.2 Å². The zero-order valence-corrected chi connectivity index (χ0v) is 21.2. The van der Waals surface area contributed by atoms with Gasteiger partial charge in [-0.05, 0) is 66.9 Å². The number of benzene rings is 3. The fourth-order valence-electron chi connectivity index (χ4n) is 4.23. The van der Waals surface area contributed by atoms with Crippen molar-refractivity contribution < 1.29 is 18.7 Å². The number of hydrogen-bond acceptors (Lipinski definition) is 6. The molecular formula is C28H27FN4O3S. The Morgan fingerprint density at radius 3 is 2.54 bits per heavy atom. The topological polar surface area (TPSA) is 78.3 Å². The second-order valence-electron chi connectivity index (χ2n) is 8.69. The highest BCUT2D eigenvalue weighted by molar-refractivity contribution is 8.00. The minimum absolute atomic E-state index is 0.0514. The number of hydrogen-bond donors (Lipinski definition) is 1. The van der Waals surface area contributed by atoms with Gasteiger partial charge < -0.3 is 14.8 Å². The molecule has 1 saturated heterocycles. The van der Waals surface area contributed by atoms with E-state index in [4.69, 9.17) is 9.47 Å². The van der Waals surface area contributed by atoms with E-state index in [-0.39, 0.29) is 17.8 Å². The molecule has 1 fully saturated rings. The number of carbonyl (C=O) groups excluding carboxylic acids is 1. The fourth-order valence-corrected chi connectivity index (χ4v) is 5.28. The summed E-state index contributed by atoms with van der Waals surface area (Å²) >= 11 is 1.33.